The quantitative estimate of drug-likeness (QED) is 0.751. The Morgan fingerprint density at radius 1 is 1.43 bits per heavy atom. The predicted molar refractivity (Wildman–Crippen MR) is 52.7 cm³/mol. The summed E-state index contributed by atoms with van der Waals surface area (Å²) in [7, 11) is 0. The van der Waals surface area contributed by atoms with Gasteiger partial charge in [0.2, 0.25) is 5.91 Å². The molecule has 1 aliphatic rings. The van der Waals surface area contributed by atoms with E-state index >= 15 is 0 Å². The number of hydrogen-bond donors (Lipinski definition) is 1. The summed E-state index contributed by atoms with van der Waals surface area (Å²) in [6.45, 7) is 1.46. The molecule has 74 valence electrons. The van der Waals surface area contributed by atoms with Crippen LogP contribution in [-0.4, -0.2) is 12.5 Å². The molecule has 1 heterocycles. The monoisotopic (exact) mass is 191 g/mol. The van der Waals surface area contributed by atoms with Crippen molar-refractivity contribution in [3.8, 4) is 0 Å². The number of fused-ring (bicyclic) bond motifs is 1. The van der Waals surface area contributed by atoms with Crippen molar-refractivity contribution in [2.75, 3.05) is 6.61 Å². The van der Waals surface area contributed by atoms with Crippen LogP contribution in [0.5, 0.6) is 0 Å². The fourth-order valence-corrected chi connectivity index (χ4v) is 1.73. The summed E-state index contributed by atoms with van der Waals surface area (Å²) in [6, 6.07) is 6.02. The molecular formula is C11H13NO2. The van der Waals surface area contributed by atoms with Crippen molar-refractivity contribution < 1.29 is 9.53 Å². The lowest BCUT2D eigenvalue weighted by atomic mass is 9.99. The van der Waals surface area contributed by atoms with E-state index in [1.807, 2.05) is 12.1 Å². The highest BCUT2D eigenvalue weighted by Crippen LogP contribution is 2.18. The van der Waals surface area contributed by atoms with Crippen LogP contribution >= 0.6 is 0 Å². The van der Waals surface area contributed by atoms with E-state index in [1.54, 1.807) is 0 Å². The van der Waals surface area contributed by atoms with Crippen molar-refractivity contribution in [1.29, 1.82) is 0 Å². The van der Waals surface area contributed by atoms with E-state index in [9.17, 15) is 4.79 Å². The molecule has 2 rings (SSSR count). The number of ether oxygens (including phenoxy) is 1. The lowest BCUT2D eigenvalue weighted by Crippen LogP contribution is -2.15. The van der Waals surface area contributed by atoms with Gasteiger partial charge in [0, 0.05) is 0 Å². The molecule has 0 spiro atoms. The highest BCUT2D eigenvalue weighted by Gasteiger charge is 2.10. The zero-order chi connectivity index (χ0) is 9.97. The number of carbonyl (C=O) groups is 1. The molecule has 2 N–H and O–H groups in total. The van der Waals surface area contributed by atoms with Gasteiger partial charge in [-0.3, -0.25) is 4.79 Å². The summed E-state index contributed by atoms with van der Waals surface area (Å²) >= 11 is 0. The average Bonchev–Trinajstić information content (AvgIpc) is 2.17. The summed E-state index contributed by atoms with van der Waals surface area (Å²) in [5, 5.41) is 0. The van der Waals surface area contributed by atoms with Crippen molar-refractivity contribution in [2.45, 2.75) is 19.4 Å². The smallest absolute Gasteiger partial charge is 0.221 e. The molecule has 3 nitrogen and oxygen atoms in total. The fourth-order valence-electron chi connectivity index (χ4n) is 1.73. The number of amides is 1. The minimum Gasteiger partial charge on any atom is -0.376 e. The van der Waals surface area contributed by atoms with Gasteiger partial charge in [0.1, 0.15) is 0 Å². The maximum Gasteiger partial charge on any atom is 0.221 e. The molecule has 0 aliphatic carbocycles. The van der Waals surface area contributed by atoms with Crippen molar-refractivity contribution in [1.82, 2.24) is 0 Å². The topological polar surface area (TPSA) is 52.3 Å². The van der Waals surface area contributed by atoms with Gasteiger partial charge in [-0.15, -0.1) is 0 Å². The van der Waals surface area contributed by atoms with Crippen LogP contribution in [0, 0.1) is 0 Å². The first kappa shape index (κ1) is 9.21. The van der Waals surface area contributed by atoms with Gasteiger partial charge >= 0.3 is 0 Å². The molecule has 14 heavy (non-hydrogen) atoms. The minimum atomic E-state index is -0.281. The second kappa shape index (κ2) is 3.80. The Bertz CT molecular complexity index is 360. The zero-order valence-corrected chi connectivity index (χ0v) is 7.95. The molecule has 0 atom stereocenters. The van der Waals surface area contributed by atoms with Crippen LogP contribution in [0.4, 0.5) is 0 Å². The molecule has 1 aromatic carbocycles. The molecule has 1 aliphatic heterocycles. The Balaban J connectivity index is 2.24. The van der Waals surface area contributed by atoms with Crippen LogP contribution < -0.4 is 5.73 Å². The second-order valence-electron chi connectivity index (χ2n) is 3.55. The Labute approximate surface area is 82.9 Å². The van der Waals surface area contributed by atoms with Crippen LogP contribution in [0.25, 0.3) is 0 Å². The first-order valence-corrected chi connectivity index (χ1v) is 4.72. The van der Waals surface area contributed by atoms with E-state index in [2.05, 4.69) is 6.07 Å². The first-order chi connectivity index (χ1) is 6.75. The standard InChI is InChI=1S/C11H13NO2/c12-11(13)6-8-1-2-10-7-14-4-3-9(10)5-8/h1-2,5H,3-4,6-7H2,(H2,12,13). The molecule has 1 aromatic rings. The summed E-state index contributed by atoms with van der Waals surface area (Å²) in [6.07, 6.45) is 1.26. The Hall–Kier alpha value is -1.35. The predicted octanol–water partition coefficient (Wildman–Crippen LogP) is 0.787. The summed E-state index contributed by atoms with van der Waals surface area (Å²) in [5.41, 5.74) is 8.65. The van der Waals surface area contributed by atoms with Crippen molar-refractivity contribution in [2.24, 2.45) is 5.73 Å². The molecule has 0 aromatic heterocycles. The summed E-state index contributed by atoms with van der Waals surface area (Å²) < 4.78 is 5.33. The first-order valence-electron chi connectivity index (χ1n) is 4.72. The number of rotatable bonds is 2. The molecule has 0 fully saturated rings. The minimum absolute atomic E-state index is 0.281. The largest absolute Gasteiger partial charge is 0.376 e. The third-order valence-electron chi connectivity index (χ3n) is 2.42. The van der Waals surface area contributed by atoms with Crippen LogP contribution in [0.1, 0.15) is 16.7 Å². The molecule has 0 unspecified atom stereocenters. The third-order valence-corrected chi connectivity index (χ3v) is 2.42. The maximum atomic E-state index is 10.7. The molecule has 0 radical (unpaired) electrons. The van der Waals surface area contributed by atoms with Gasteiger partial charge in [0.05, 0.1) is 19.6 Å². The van der Waals surface area contributed by atoms with E-state index in [0.29, 0.717) is 13.0 Å². The van der Waals surface area contributed by atoms with Crippen LogP contribution in [-0.2, 0) is 29.0 Å². The lowest BCUT2D eigenvalue weighted by Gasteiger charge is -2.16. The molecule has 0 saturated carbocycles. The van der Waals surface area contributed by atoms with Crippen molar-refractivity contribution in [3.05, 3.63) is 34.9 Å². The third kappa shape index (κ3) is 1.93. The van der Waals surface area contributed by atoms with Crippen molar-refractivity contribution >= 4 is 5.91 Å². The maximum absolute atomic E-state index is 10.7. The number of benzene rings is 1. The molecule has 3 heteroatoms. The average molecular weight is 191 g/mol. The normalized spacial score (nSPS) is 14.9. The Kier molecular flexibility index (Phi) is 2.50. The SMILES string of the molecule is NC(=O)Cc1ccc2c(c1)CCOC2. The summed E-state index contributed by atoms with van der Waals surface area (Å²) in [4.78, 5) is 10.7. The van der Waals surface area contributed by atoms with Crippen LogP contribution in [0.15, 0.2) is 18.2 Å². The molecule has 1 amide bonds. The van der Waals surface area contributed by atoms with Crippen LogP contribution in [0.2, 0.25) is 0 Å². The van der Waals surface area contributed by atoms with E-state index in [0.717, 1.165) is 18.6 Å². The molecule has 0 saturated heterocycles. The second-order valence-corrected chi connectivity index (χ2v) is 3.55. The molecular weight excluding hydrogens is 178 g/mol. The van der Waals surface area contributed by atoms with Gasteiger partial charge in [0.25, 0.3) is 0 Å². The van der Waals surface area contributed by atoms with Gasteiger partial charge in [-0.25, -0.2) is 0 Å². The highest BCUT2D eigenvalue weighted by molar-refractivity contribution is 5.76. The fraction of sp³-hybridized carbons (Fsp3) is 0.364. The van der Waals surface area contributed by atoms with E-state index in [1.165, 1.54) is 11.1 Å². The Morgan fingerprint density at radius 3 is 3.07 bits per heavy atom. The van der Waals surface area contributed by atoms with Gasteiger partial charge < -0.3 is 10.5 Å². The zero-order valence-electron chi connectivity index (χ0n) is 7.95. The van der Waals surface area contributed by atoms with E-state index in [-0.39, 0.29) is 5.91 Å². The number of hydrogen-bond acceptors (Lipinski definition) is 2. The van der Waals surface area contributed by atoms with Crippen LogP contribution in [0.3, 0.4) is 0 Å². The number of primary amides is 1. The van der Waals surface area contributed by atoms with Gasteiger partial charge in [-0.1, -0.05) is 18.2 Å². The number of nitrogens with two attached hydrogens (primary N) is 1. The van der Waals surface area contributed by atoms with E-state index < -0.39 is 0 Å². The summed E-state index contributed by atoms with van der Waals surface area (Å²) in [5.74, 6) is -0.281. The van der Waals surface area contributed by atoms with Gasteiger partial charge in [-0.2, -0.15) is 0 Å². The molecule has 0 bridgehead atoms. The van der Waals surface area contributed by atoms with Gasteiger partial charge in [0.15, 0.2) is 0 Å². The van der Waals surface area contributed by atoms with Crippen molar-refractivity contribution in [3.63, 3.8) is 0 Å². The lowest BCUT2D eigenvalue weighted by molar-refractivity contribution is -0.117. The number of carbonyl (C=O) groups excluding carboxylic acids is 1. The van der Waals surface area contributed by atoms with Gasteiger partial charge in [-0.05, 0) is 23.1 Å². The Morgan fingerprint density at radius 2 is 2.29 bits per heavy atom. The highest BCUT2D eigenvalue weighted by atomic mass is 16.5. The van der Waals surface area contributed by atoms with E-state index in [4.69, 9.17) is 10.5 Å².